The van der Waals surface area contributed by atoms with Crippen LogP contribution in [0.3, 0.4) is 0 Å². The van der Waals surface area contributed by atoms with E-state index in [1.165, 1.54) is 19.4 Å². The molecule has 1 unspecified atom stereocenters. The van der Waals surface area contributed by atoms with Crippen molar-refractivity contribution in [1.82, 2.24) is 20.3 Å². The first kappa shape index (κ1) is 20.9. The summed E-state index contributed by atoms with van der Waals surface area (Å²) in [4.78, 5) is 14.5. The van der Waals surface area contributed by atoms with E-state index in [0.29, 0.717) is 6.54 Å². The lowest BCUT2D eigenvalue weighted by Gasteiger charge is -2.10. The van der Waals surface area contributed by atoms with E-state index in [9.17, 15) is 13.2 Å². The molecule has 1 aromatic rings. The van der Waals surface area contributed by atoms with Crippen LogP contribution < -0.4 is 15.4 Å². The van der Waals surface area contributed by atoms with Gasteiger partial charge in [0.2, 0.25) is 10.0 Å². The fourth-order valence-electron chi connectivity index (χ4n) is 1.47. The summed E-state index contributed by atoms with van der Waals surface area (Å²) in [6, 6.07) is 1.43. The number of aromatic amines is 1. The molecule has 22 heavy (non-hydrogen) atoms. The van der Waals surface area contributed by atoms with Gasteiger partial charge in [0, 0.05) is 32.4 Å². The molecule has 0 saturated heterocycles. The third-order valence-corrected chi connectivity index (χ3v) is 4.31. The molecule has 1 atom stereocenters. The van der Waals surface area contributed by atoms with Gasteiger partial charge in [-0.05, 0) is 20.0 Å². The number of carbonyl (C=O) groups excluding carboxylic acids is 1. The monoisotopic (exact) mass is 354 g/mol. The average Bonchev–Trinajstić information content (AvgIpc) is 2.95. The molecule has 0 radical (unpaired) electrons. The summed E-state index contributed by atoms with van der Waals surface area (Å²) in [5.41, 5.74) is 0.199. The standard InChI is InChI=1S/C12H22N4O4S.ClH/c1-9(13-2)7-15-12(17)11-6-10(8-14-11)21(18,19)16-4-5-20-3;/h6,8-9,13-14,16H,4-5,7H2,1-3H3,(H,15,17);1H. The molecule has 8 nitrogen and oxygen atoms in total. The summed E-state index contributed by atoms with van der Waals surface area (Å²) in [6.07, 6.45) is 1.28. The summed E-state index contributed by atoms with van der Waals surface area (Å²) in [5, 5.41) is 5.69. The number of nitrogens with one attached hydrogen (secondary N) is 4. The number of H-pyrrole nitrogens is 1. The van der Waals surface area contributed by atoms with Crippen LogP contribution in [0.4, 0.5) is 0 Å². The maximum Gasteiger partial charge on any atom is 0.267 e. The Morgan fingerprint density at radius 1 is 1.45 bits per heavy atom. The first-order chi connectivity index (χ1) is 9.90. The number of likely N-dealkylation sites (N-methyl/N-ethyl adjacent to an activating group) is 1. The predicted octanol–water partition coefficient (Wildman–Crippen LogP) is -0.301. The molecule has 0 bridgehead atoms. The van der Waals surface area contributed by atoms with Crippen molar-refractivity contribution in [3.63, 3.8) is 0 Å². The van der Waals surface area contributed by atoms with E-state index in [4.69, 9.17) is 4.74 Å². The molecule has 1 amide bonds. The first-order valence-electron chi connectivity index (χ1n) is 6.53. The second-order valence-corrected chi connectivity index (χ2v) is 6.31. The number of rotatable bonds is 9. The van der Waals surface area contributed by atoms with Crippen LogP contribution in [0.25, 0.3) is 0 Å². The van der Waals surface area contributed by atoms with E-state index in [1.807, 2.05) is 6.92 Å². The molecule has 0 spiro atoms. The highest BCUT2D eigenvalue weighted by Gasteiger charge is 2.18. The zero-order chi connectivity index (χ0) is 15.9. The molecule has 0 aromatic carbocycles. The fourth-order valence-corrected chi connectivity index (χ4v) is 2.47. The van der Waals surface area contributed by atoms with E-state index in [2.05, 4.69) is 20.3 Å². The summed E-state index contributed by atoms with van der Waals surface area (Å²) in [6.45, 7) is 2.82. The van der Waals surface area contributed by atoms with Crippen molar-refractivity contribution in [3.05, 3.63) is 18.0 Å². The van der Waals surface area contributed by atoms with Crippen molar-refractivity contribution in [2.45, 2.75) is 17.9 Å². The number of methoxy groups -OCH3 is 1. The van der Waals surface area contributed by atoms with Gasteiger partial charge in [0.25, 0.3) is 5.91 Å². The van der Waals surface area contributed by atoms with Crippen LogP contribution in [-0.2, 0) is 14.8 Å². The van der Waals surface area contributed by atoms with Crippen molar-refractivity contribution >= 4 is 28.3 Å². The zero-order valence-corrected chi connectivity index (χ0v) is 14.4. The second kappa shape index (κ2) is 9.80. The Bertz CT molecular complexity index is 561. The third-order valence-electron chi connectivity index (χ3n) is 2.87. The molecule has 0 aliphatic rings. The van der Waals surface area contributed by atoms with Gasteiger partial charge < -0.3 is 20.4 Å². The molecule has 1 rings (SSSR count). The lowest BCUT2D eigenvalue weighted by Crippen LogP contribution is -2.37. The van der Waals surface area contributed by atoms with E-state index < -0.39 is 10.0 Å². The highest BCUT2D eigenvalue weighted by atomic mass is 35.5. The van der Waals surface area contributed by atoms with Crippen LogP contribution in [0.5, 0.6) is 0 Å². The smallest absolute Gasteiger partial charge is 0.267 e. The van der Waals surface area contributed by atoms with E-state index in [0.717, 1.165) is 0 Å². The molecule has 0 saturated carbocycles. The van der Waals surface area contributed by atoms with Gasteiger partial charge in [-0.1, -0.05) is 0 Å². The van der Waals surface area contributed by atoms with Gasteiger partial charge in [-0.25, -0.2) is 13.1 Å². The molecule has 0 aliphatic carbocycles. The van der Waals surface area contributed by atoms with Crippen LogP contribution in [0.15, 0.2) is 17.2 Å². The lowest BCUT2D eigenvalue weighted by atomic mass is 10.3. The Hall–Kier alpha value is -1.13. The Balaban J connectivity index is 0.00000441. The quantitative estimate of drug-likeness (QED) is 0.455. The number of hydrogen-bond donors (Lipinski definition) is 4. The molecule has 1 heterocycles. The van der Waals surface area contributed by atoms with Gasteiger partial charge in [-0.3, -0.25) is 4.79 Å². The third kappa shape index (κ3) is 6.32. The fraction of sp³-hybridized carbons (Fsp3) is 0.583. The molecule has 4 N–H and O–H groups in total. The van der Waals surface area contributed by atoms with Crippen molar-refractivity contribution in [2.24, 2.45) is 0 Å². The Morgan fingerprint density at radius 3 is 2.73 bits per heavy atom. The molecule has 128 valence electrons. The summed E-state index contributed by atoms with van der Waals surface area (Å²) in [5.74, 6) is -0.351. The van der Waals surface area contributed by atoms with Crippen LogP contribution in [0.2, 0.25) is 0 Å². The van der Waals surface area contributed by atoms with Crippen LogP contribution in [-0.4, -0.2) is 59.2 Å². The van der Waals surface area contributed by atoms with Crippen molar-refractivity contribution in [2.75, 3.05) is 33.9 Å². The minimum Gasteiger partial charge on any atom is -0.383 e. The zero-order valence-electron chi connectivity index (χ0n) is 12.8. The maximum absolute atomic E-state index is 11.9. The number of sulfonamides is 1. The topological polar surface area (TPSA) is 112 Å². The van der Waals surface area contributed by atoms with E-state index >= 15 is 0 Å². The minimum atomic E-state index is -3.63. The van der Waals surface area contributed by atoms with Crippen molar-refractivity contribution < 1.29 is 17.9 Å². The SMILES string of the molecule is CNC(C)CNC(=O)c1cc(S(=O)(=O)NCCOC)c[nH]1.Cl. The summed E-state index contributed by atoms with van der Waals surface area (Å²) < 4.78 is 31.0. The average molecular weight is 355 g/mol. The lowest BCUT2D eigenvalue weighted by molar-refractivity contribution is 0.0946. The van der Waals surface area contributed by atoms with E-state index in [1.54, 1.807) is 7.05 Å². The van der Waals surface area contributed by atoms with Gasteiger partial charge in [0.05, 0.1) is 6.61 Å². The van der Waals surface area contributed by atoms with Crippen LogP contribution in [0.1, 0.15) is 17.4 Å². The summed E-state index contributed by atoms with van der Waals surface area (Å²) >= 11 is 0. The normalized spacial score (nSPS) is 12.5. The number of amides is 1. The van der Waals surface area contributed by atoms with Crippen molar-refractivity contribution in [3.8, 4) is 0 Å². The van der Waals surface area contributed by atoms with Crippen LogP contribution >= 0.6 is 12.4 Å². The van der Waals surface area contributed by atoms with Crippen molar-refractivity contribution in [1.29, 1.82) is 0 Å². The number of halogens is 1. The molecular weight excluding hydrogens is 332 g/mol. The van der Waals surface area contributed by atoms with E-state index in [-0.39, 0.29) is 48.1 Å². The van der Waals surface area contributed by atoms with Gasteiger partial charge in [0.1, 0.15) is 10.6 Å². The molecule has 1 aromatic heterocycles. The number of carbonyl (C=O) groups is 1. The first-order valence-corrected chi connectivity index (χ1v) is 8.01. The number of aromatic nitrogens is 1. The highest BCUT2D eigenvalue weighted by Crippen LogP contribution is 2.10. The Morgan fingerprint density at radius 2 is 2.14 bits per heavy atom. The molecule has 0 fully saturated rings. The molecule has 10 heteroatoms. The Labute approximate surface area is 136 Å². The maximum atomic E-state index is 11.9. The van der Waals surface area contributed by atoms with Crippen LogP contribution in [0, 0.1) is 0 Å². The van der Waals surface area contributed by atoms with Gasteiger partial charge in [-0.15, -0.1) is 12.4 Å². The second-order valence-electron chi connectivity index (χ2n) is 4.54. The number of hydrogen-bond acceptors (Lipinski definition) is 5. The van der Waals surface area contributed by atoms with Gasteiger partial charge in [0.15, 0.2) is 0 Å². The number of ether oxygens (including phenoxy) is 1. The highest BCUT2D eigenvalue weighted by molar-refractivity contribution is 7.89. The largest absolute Gasteiger partial charge is 0.383 e. The minimum absolute atomic E-state index is 0. The molecular formula is C12H23ClN4O4S. The summed E-state index contributed by atoms with van der Waals surface area (Å²) in [7, 11) is -0.356. The predicted molar refractivity (Wildman–Crippen MR) is 86.0 cm³/mol. The van der Waals surface area contributed by atoms with Gasteiger partial charge >= 0.3 is 0 Å². The van der Waals surface area contributed by atoms with Gasteiger partial charge in [-0.2, -0.15) is 0 Å². The molecule has 0 aliphatic heterocycles. The Kier molecular flexibility index (Phi) is 9.30.